The Morgan fingerprint density at radius 3 is 2.75 bits per heavy atom. The number of unbranched alkanes of at least 4 members (excludes halogenated alkanes) is 1. The minimum Gasteiger partial charge on any atom is -0.493 e. The normalized spacial score (nSPS) is 18.5. The van der Waals surface area contributed by atoms with E-state index in [9.17, 15) is 4.79 Å². The SMILES string of the molecule is CCCC[C@H](CC)C(=O)N1CCS[C@@H]1c1cccc(OC)c1OC. The monoisotopic (exact) mass is 351 g/mol. The van der Waals surface area contributed by atoms with Gasteiger partial charge in [0, 0.05) is 23.8 Å². The Morgan fingerprint density at radius 1 is 1.33 bits per heavy atom. The van der Waals surface area contributed by atoms with Crippen LogP contribution in [0.15, 0.2) is 18.2 Å². The maximum atomic E-state index is 13.1. The van der Waals surface area contributed by atoms with Crippen LogP contribution in [-0.4, -0.2) is 37.3 Å². The van der Waals surface area contributed by atoms with Crippen molar-refractivity contribution in [1.29, 1.82) is 0 Å². The van der Waals surface area contributed by atoms with Gasteiger partial charge in [0.1, 0.15) is 5.37 Å². The van der Waals surface area contributed by atoms with Crippen LogP contribution in [0.2, 0.25) is 0 Å². The van der Waals surface area contributed by atoms with Crippen molar-refractivity contribution in [3.05, 3.63) is 23.8 Å². The zero-order chi connectivity index (χ0) is 17.5. The van der Waals surface area contributed by atoms with Gasteiger partial charge in [-0.15, -0.1) is 11.8 Å². The quantitative estimate of drug-likeness (QED) is 0.691. The van der Waals surface area contributed by atoms with Crippen molar-refractivity contribution in [3.63, 3.8) is 0 Å². The van der Waals surface area contributed by atoms with E-state index in [4.69, 9.17) is 9.47 Å². The predicted molar refractivity (Wildman–Crippen MR) is 99.8 cm³/mol. The summed E-state index contributed by atoms with van der Waals surface area (Å²) in [7, 11) is 3.30. The van der Waals surface area contributed by atoms with E-state index in [1.807, 2.05) is 23.1 Å². The Hall–Kier alpha value is -1.36. The Morgan fingerprint density at radius 2 is 2.12 bits per heavy atom. The molecule has 0 N–H and O–H groups in total. The predicted octanol–water partition coefficient (Wildman–Crippen LogP) is 4.49. The fourth-order valence-corrected chi connectivity index (χ4v) is 4.53. The molecular formula is C19H29NO3S. The third-order valence-electron chi connectivity index (χ3n) is 4.62. The van der Waals surface area contributed by atoms with Crippen molar-refractivity contribution in [2.24, 2.45) is 5.92 Å². The van der Waals surface area contributed by atoms with Gasteiger partial charge in [-0.2, -0.15) is 0 Å². The minimum atomic E-state index is 0.0122. The molecule has 0 bridgehead atoms. The Balaban J connectivity index is 2.26. The number of methoxy groups -OCH3 is 2. The van der Waals surface area contributed by atoms with E-state index in [-0.39, 0.29) is 17.2 Å². The van der Waals surface area contributed by atoms with E-state index in [1.54, 1.807) is 26.0 Å². The Kier molecular flexibility index (Phi) is 7.28. The average molecular weight is 352 g/mol. The first-order valence-corrected chi connectivity index (χ1v) is 9.85. The van der Waals surface area contributed by atoms with Crippen LogP contribution < -0.4 is 9.47 Å². The maximum Gasteiger partial charge on any atom is 0.226 e. The summed E-state index contributed by atoms with van der Waals surface area (Å²) < 4.78 is 11.0. The fourth-order valence-electron chi connectivity index (χ4n) is 3.25. The summed E-state index contributed by atoms with van der Waals surface area (Å²) in [6.45, 7) is 5.09. The van der Waals surface area contributed by atoms with Crippen molar-refractivity contribution >= 4 is 17.7 Å². The molecule has 0 saturated carbocycles. The van der Waals surface area contributed by atoms with Gasteiger partial charge in [-0.05, 0) is 18.9 Å². The van der Waals surface area contributed by atoms with Gasteiger partial charge in [0.25, 0.3) is 0 Å². The van der Waals surface area contributed by atoms with Crippen LogP contribution in [0.3, 0.4) is 0 Å². The van der Waals surface area contributed by atoms with Gasteiger partial charge in [-0.25, -0.2) is 0 Å². The van der Waals surface area contributed by atoms with Crippen molar-refractivity contribution in [2.75, 3.05) is 26.5 Å². The molecule has 0 radical (unpaired) electrons. The summed E-state index contributed by atoms with van der Waals surface area (Å²) in [6, 6.07) is 5.90. The molecule has 1 amide bonds. The van der Waals surface area contributed by atoms with Crippen LogP contribution in [0.5, 0.6) is 11.5 Å². The van der Waals surface area contributed by atoms with Gasteiger partial charge in [0.2, 0.25) is 5.91 Å². The van der Waals surface area contributed by atoms with Crippen molar-refractivity contribution in [2.45, 2.75) is 44.9 Å². The number of carbonyl (C=O) groups is 1. The lowest BCUT2D eigenvalue weighted by molar-refractivity contribution is -0.136. The Bertz CT molecular complexity index is 549. The molecule has 0 unspecified atom stereocenters. The molecule has 2 atom stereocenters. The van der Waals surface area contributed by atoms with Gasteiger partial charge in [-0.3, -0.25) is 4.79 Å². The van der Waals surface area contributed by atoms with Gasteiger partial charge >= 0.3 is 0 Å². The second-order valence-corrected chi connectivity index (χ2v) is 7.27. The summed E-state index contributed by atoms with van der Waals surface area (Å²) in [5.74, 6) is 2.82. The number of thioether (sulfide) groups is 1. The Labute approximate surface area is 149 Å². The second-order valence-electron chi connectivity index (χ2n) is 6.08. The molecule has 1 aliphatic rings. The largest absolute Gasteiger partial charge is 0.493 e. The summed E-state index contributed by atoms with van der Waals surface area (Å²) in [6.07, 6.45) is 4.13. The molecular weight excluding hydrogens is 322 g/mol. The van der Waals surface area contributed by atoms with E-state index < -0.39 is 0 Å². The van der Waals surface area contributed by atoms with E-state index in [2.05, 4.69) is 13.8 Å². The van der Waals surface area contributed by atoms with E-state index in [1.165, 1.54) is 0 Å². The molecule has 5 heteroatoms. The molecule has 1 heterocycles. The highest BCUT2D eigenvalue weighted by Gasteiger charge is 2.35. The summed E-state index contributed by atoms with van der Waals surface area (Å²) >= 11 is 1.80. The van der Waals surface area contributed by atoms with Crippen molar-refractivity contribution in [3.8, 4) is 11.5 Å². The number of nitrogens with zero attached hydrogens (tertiary/aromatic N) is 1. The minimum absolute atomic E-state index is 0.0122. The lowest BCUT2D eigenvalue weighted by atomic mass is 9.97. The van der Waals surface area contributed by atoms with Crippen LogP contribution in [0.4, 0.5) is 0 Å². The highest BCUT2D eigenvalue weighted by molar-refractivity contribution is 7.99. The molecule has 1 saturated heterocycles. The smallest absolute Gasteiger partial charge is 0.226 e. The van der Waals surface area contributed by atoms with Crippen LogP contribution in [0.1, 0.15) is 50.5 Å². The molecule has 0 spiro atoms. The molecule has 1 aromatic rings. The number of benzene rings is 1. The number of ether oxygens (including phenoxy) is 2. The lowest BCUT2D eigenvalue weighted by Crippen LogP contribution is -2.35. The summed E-state index contributed by atoms with van der Waals surface area (Å²) in [5.41, 5.74) is 1.03. The third-order valence-corrected chi connectivity index (χ3v) is 5.86. The second kappa shape index (κ2) is 9.21. The van der Waals surface area contributed by atoms with Crippen LogP contribution >= 0.6 is 11.8 Å². The van der Waals surface area contributed by atoms with Crippen LogP contribution in [0, 0.1) is 5.92 Å². The molecule has 1 aliphatic heterocycles. The number of amides is 1. The zero-order valence-corrected chi connectivity index (χ0v) is 16.0. The van der Waals surface area contributed by atoms with Crippen molar-refractivity contribution < 1.29 is 14.3 Å². The first-order valence-electron chi connectivity index (χ1n) is 8.80. The molecule has 4 nitrogen and oxygen atoms in total. The zero-order valence-electron chi connectivity index (χ0n) is 15.2. The maximum absolute atomic E-state index is 13.1. The number of hydrogen-bond donors (Lipinski definition) is 0. The first kappa shape index (κ1) is 19.0. The van der Waals surface area contributed by atoms with Gasteiger partial charge in [-0.1, -0.05) is 38.8 Å². The number of rotatable bonds is 8. The van der Waals surface area contributed by atoms with E-state index in [0.717, 1.165) is 49.3 Å². The van der Waals surface area contributed by atoms with E-state index >= 15 is 0 Å². The molecule has 134 valence electrons. The molecule has 0 aliphatic carbocycles. The molecule has 0 aromatic heterocycles. The third kappa shape index (κ3) is 4.00. The van der Waals surface area contributed by atoms with Crippen LogP contribution in [-0.2, 0) is 4.79 Å². The number of para-hydroxylation sites is 1. The average Bonchev–Trinajstić information content (AvgIpc) is 3.10. The molecule has 1 fully saturated rings. The molecule has 2 rings (SSSR count). The van der Waals surface area contributed by atoms with Gasteiger partial charge < -0.3 is 14.4 Å². The van der Waals surface area contributed by atoms with Gasteiger partial charge in [0.15, 0.2) is 11.5 Å². The highest BCUT2D eigenvalue weighted by atomic mass is 32.2. The first-order chi connectivity index (χ1) is 11.7. The van der Waals surface area contributed by atoms with Crippen molar-refractivity contribution in [1.82, 2.24) is 4.90 Å². The van der Waals surface area contributed by atoms with Gasteiger partial charge in [0.05, 0.1) is 14.2 Å². The topological polar surface area (TPSA) is 38.8 Å². The highest BCUT2D eigenvalue weighted by Crippen LogP contribution is 2.45. The number of carbonyl (C=O) groups excluding carboxylic acids is 1. The van der Waals surface area contributed by atoms with E-state index in [0.29, 0.717) is 5.75 Å². The fraction of sp³-hybridized carbons (Fsp3) is 0.632. The summed E-state index contributed by atoms with van der Waals surface area (Å²) in [5, 5.41) is 0.0122. The summed E-state index contributed by atoms with van der Waals surface area (Å²) in [4.78, 5) is 15.1. The molecule has 1 aromatic carbocycles. The standard InChI is InChI=1S/C19H29NO3S/c1-5-7-9-14(6-2)18(21)20-12-13-24-19(20)15-10-8-11-16(22-3)17(15)23-4/h8,10-11,14,19H,5-7,9,12-13H2,1-4H3/t14-,19+/m0/s1. The molecule has 24 heavy (non-hydrogen) atoms. The lowest BCUT2D eigenvalue weighted by Gasteiger charge is -2.29. The number of hydrogen-bond acceptors (Lipinski definition) is 4. The van der Waals surface area contributed by atoms with Crippen LogP contribution in [0.25, 0.3) is 0 Å².